The lowest BCUT2D eigenvalue weighted by atomic mass is 10.0. The van der Waals surface area contributed by atoms with Crippen LogP contribution in [0.15, 0.2) is 36.8 Å². The molecule has 0 saturated heterocycles. The predicted octanol–water partition coefficient (Wildman–Crippen LogP) is 12.1. The van der Waals surface area contributed by atoms with Crippen molar-refractivity contribution in [3.63, 3.8) is 0 Å². The maximum absolute atomic E-state index is 8.48. The van der Waals surface area contributed by atoms with Crippen LogP contribution >= 0.6 is 0 Å². The van der Waals surface area contributed by atoms with Crippen LogP contribution in [0.25, 0.3) is 0 Å². The highest BCUT2D eigenvalue weighted by Crippen LogP contribution is 2.14. The molecule has 0 aliphatic carbocycles. The van der Waals surface area contributed by atoms with E-state index >= 15 is 0 Å². The van der Waals surface area contributed by atoms with Crippen LogP contribution in [0.2, 0.25) is 0 Å². The normalized spacial score (nSPS) is 11.6. The Labute approximate surface area is 215 Å². The lowest BCUT2D eigenvalue weighted by Gasteiger charge is -2.03. The summed E-state index contributed by atoms with van der Waals surface area (Å²) in [6, 6.07) is 0. The summed E-state index contributed by atoms with van der Waals surface area (Å²) in [5.41, 5.74) is 0. The molecular formula is C32H62O2. The van der Waals surface area contributed by atoms with Gasteiger partial charge >= 0.3 is 0 Å². The summed E-state index contributed by atoms with van der Waals surface area (Å²) in [7, 11) is 0. The van der Waals surface area contributed by atoms with Gasteiger partial charge in [-0.15, -0.1) is 0 Å². The first-order valence-corrected chi connectivity index (χ1v) is 15.1. The van der Waals surface area contributed by atoms with E-state index in [4.69, 9.17) is 10.2 Å². The third kappa shape index (κ3) is 38.1. The molecule has 0 atom stereocenters. The molecule has 0 aromatic heterocycles. The minimum atomic E-state index is 1.03. The van der Waals surface area contributed by atoms with Gasteiger partial charge in [0.2, 0.25) is 0 Å². The summed E-state index contributed by atoms with van der Waals surface area (Å²) < 4.78 is 0. The molecule has 34 heavy (non-hydrogen) atoms. The van der Waals surface area contributed by atoms with Crippen LogP contribution in [0.5, 0.6) is 0 Å². The Balaban J connectivity index is 0. The molecule has 0 heterocycles. The summed E-state index contributed by atoms with van der Waals surface area (Å²) in [5.74, 6) is 0. The summed E-state index contributed by atoms with van der Waals surface area (Å²) in [6.45, 7) is 4.52. The fourth-order valence-electron chi connectivity index (χ4n) is 4.15. The lowest BCUT2D eigenvalue weighted by Crippen LogP contribution is -1.83. The fourth-order valence-corrected chi connectivity index (χ4v) is 4.15. The molecule has 0 aliphatic rings. The first kappa shape index (κ1) is 35.0. The Morgan fingerprint density at radius 3 is 1.00 bits per heavy atom. The summed E-state index contributed by atoms with van der Waals surface area (Å²) in [6.07, 6.45) is 42.7. The Morgan fingerprint density at radius 1 is 0.353 bits per heavy atom. The molecule has 0 bridgehead atoms. The quantitative estimate of drug-likeness (QED) is 0.0777. The molecular weight excluding hydrogens is 416 g/mol. The molecule has 0 rings (SSSR count). The number of unbranched alkanes of at least 4 members (excludes halogenated alkanes) is 22. The molecule has 0 aromatic rings. The summed E-state index contributed by atoms with van der Waals surface area (Å²) >= 11 is 0. The Bertz CT molecular complexity index is 411. The molecule has 0 amide bonds. The number of rotatable bonds is 25. The third-order valence-electron chi connectivity index (χ3n) is 6.39. The van der Waals surface area contributed by atoms with Crippen LogP contribution in [0.1, 0.15) is 168 Å². The van der Waals surface area contributed by atoms with Crippen LogP contribution in [0, 0.1) is 0 Å². The number of aliphatic hydroxyl groups excluding tert-OH is 2. The molecule has 2 N–H and O–H groups in total. The monoisotopic (exact) mass is 478 g/mol. The van der Waals surface area contributed by atoms with Crippen LogP contribution in [0.4, 0.5) is 0 Å². The zero-order chi connectivity index (χ0) is 25.2. The van der Waals surface area contributed by atoms with Crippen molar-refractivity contribution in [2.24, 2.45) is 0 Å². The van der Waals surface area contributed by atoms with E-state index in [0.717, 1.165) is 25.4 Å². The van der Waals surface area contributed by atoms with Gasteiger partial charge in [0.15, 0.2) is 0 Å². The zero-order valence-electron chi connectivity index (χ0n) is 23.3. The molecule has 0 saturated carbocycles. The zero-order valence-corrected chi connectivity index (χ0v) is 23.3. The number of hydrogen-bond acceptors (Lipinski definition) is 2. The van der Waals surface area contributed by atoms with Gasteiger partial charge in [-0.05, 0) is 31.8 Å². The lowest BCUT2D eigenvalue weighted by molar-refractivity contribution is 0.469. The minimum absolute atomic E-state index is 1.03. The molecule has 0 aliphatic heterocycles. The van der Waals surface area contributed by atoms with Gasteiger partial charge in [-0.2, -0.15) is 0 Å². The number of allylic oxidation sites excluding steroid dienone is 4. The van der Waals surface area contributed by atoms with E-state index in [9.17, 15) is 0 Å². The second-order valence-corrected chi connectivity index (χ2v) is 9.80. The maximum atomic E-state index is 8.48. The van der Waals surface area contributed by atoms with Gasteiger partial charge in [0.25, 0.3) is 0 Å². The average Bonchev–Trinajstić information content (AvgIpc) is 2.85. The van der Waals surface area contributed by atoms with Crippen molar-refractivity contribution in [1.29, 1.82) is 0 Å². The first-order chi connectivity index (χ1) is 16.8. The van der Waals surface area contributed by atoms with E-state index in [1.165, 1.54) is 141 Å². The second-order valence-electron chi connectivity index (χ2n) is 9.80. The molecule has 0 spiro atoms. The third-order valence-corrected chi connectivity index (χ3v) is 6.39. The Kier molecular flexibility index (Phi) is 37.4. The van der Waals surface area contributed by atoms with Gasteiger partial charge in [-0.1, -0.05) is 160 Å². The molecule has 0 fully saturated rings. The van der Waals surface area contributed by atoms with Gasteiger partial charge < -0.3 is 10.2 Å². The second kappa shape index (κ2) is 36.4. The van der Waals surface area contributed by atoms with Crippen molar-refractivity contribution in [2.75, 3.05) is 0 Å². The Hall–Kier alpha value is -1.18. The molecule has 2 heteroatoms. The minimum Gasteiger partial charge on any atom is -0.516 e. The molecule has 0 unspecified atom stereocenters. The summed E-state index contributed by atoms with van der Waals surface area (Å²) in [5, 5.41) is 16.8. The van der Waals surface area contributed by atoms with E-state index in [1.807, 2.05) is 12.2 Å². The van der Waals surface area contributed by atoms with Crippen LogP contribution in [0.3, 0.4) is 0 Å². The number of hydrogen-bond donors (Lipinski definition) is 2. The average molecular weight is 479 g/mol. The van der Waals surface area contributed by atoms with Crippen molar-refractivity contribution in [1.82, 2.24) is 0 Å². The van der Waals surface area contributed by atoms with Crippen LogP contribution in [-0.4, -0.2) is 10.2 Å². The van der Waals surface area contributed by atoms with Gasteiger partial charge in [-0.3, -0.25) is 0 Å². The largest absolute Gasteiger partial charge is 0.516 e. The van der Waals surface area contributed by atoms with E-state index < -0.39 is 0 Å². The smallest absolute Gasteiger partial charge is 0.0791 e. The van der Waals surface area contributed by atoms with Crippen molar-refractivity contribution >= 4 is 0 Å². The van der Waals surface area contributed by atoms with E-state index in [2.05, 4.69) is 19.9 Å². The van der Waals surface area contributed by atoms with E-state index in [-0.39, 0.29) is 0 Å². The van der Waals surface area contributed by atoms with E-state index in [1.54, 1.807) is 6.08 Å². The van der Waals surface area contributed by atoms with Crippen molar-refractivity contribution in [3.05, 3.63) is 36.8 Å². The SMILES string of the molecule is CCCCCCCC/C=C/O.CCCCCCCCCCCCCCCCCC/C=C/C=C/O. The first-order valence-electron chi connectivity index (χ1n) is 15.1. The predicted molar refractivity (Wildman–Crippen MR) is 155 cm³/mol. The van der Waals surface area contributed by atoms with Crippen molar-refractivity contribution < 1.29 is 10.2 Å². The van der Waals surface area contributed by atoms with Gasteiger partial charge in [0, 0.05) is 0 Å². The maximum Gasteiger partial charge on any atom is 0.0791 e. The molecule has 0 aromatic carbocycles. The highest BCUT2D eigenvalue weighted by atomic mass is 16.2. The van der Waals surface area contributed by atoms with Gasteiger partial charge in [0.1, 0.15) is 0 Å². The molecule has 0 radical (unpaired) electrons. The number of aliphatic hydroxyl groups is 2. The highest BCUT2D eigenvalue weighted by Gasteiger charge is 1.94. The summed E-state index contributed by atoms with van der Waals surface area (Å²) in [4.78, 5) is 0. The molecule has 2 nitrogen and oxygen atoms in total. The van der Waals surface area contributed by atoms with Gasteiger partial charge in [0.05, 0.1) is 12.5 Å². The highest BCUT2D eigenvalue weighted by molar-refractivity contribution is 4.98. The van der Waals surface area contributed by atoms with Gasteiger partial charge in [-0.25, -0.2) is 0 Å². The van der Waals surface area contributed by atoms with Crippen molar-refractivity contribution in [3.8, 4) is 0 Å². The van der Waals surface area contributed by atoms with Crippen LogP contribution < -0.4 is 0 Å². The Morgan fingerprint density at radius 2 is 0.676 bits per heavy atom. The topological polar surface area (TPSA) is 40.5 Å². The fraction of sp³-hybridized carbons (Fsp3) is 0.812. The standard InChI is InChI=1S/C22H42O.C10H20O/c1-2-3-4-5-6-7-8-9-10-11-12-13-14-15-16-17-18-19-20-21-22-23;1-2-3-4-5-6-7-8-9-10-11/h19-23H,2-18H2,1H3;9-11H,2-8H2,1H3/b20-19+,22-21+;10-9+. The van der Waals surface area contributed by atoms with E-state index in [0.29, 0.717) is 0 Å². The van der Waals surface area contributed by atoms with Crippen LogP contribution in [-0.2, 0) is 0 Å². The molecule has 202 valence electrons. The van der Waals surface area contributed by atoms with Crippen molar-refractivity contribution in [2.45, 2.75) is 168 Å².